The molecule has 1 aromatic rings. The lowest BCUT2D eigenvalue weighted by molar-refractivity contribution is -0.121. The zero-order valence-corrected chi connectivity index (χ0v) is 13.1. The van der Waals surface area contributed by atoms with E-state index in [1.54, 1.807) is 6.07 Å². The monoisotopic (exact) mass is 314 g/mol. The summed E-state index contributed by atoms with van der Waals surface area (Å²) < 4.78 is 5.42. The number of nitrogens with two attached hydrogens (primary N) is 1. The molecule has 0 saturated carbocycles. The maximum atomic E-state index is 11.2. The van der Waals surface area contributed by atoms with Crippen LogP contribution in [-0.4, -0.2) is 36.3 Å². The minimum absolute atomic E-state index is 0.0683. The molecule has 1 rings (SSSR count). The van der Waals surface area contributed by atoms with Crippen molar-refractivity contribution in [3.8, 4) is 0 Å². The third kappa shape index (κ3) is 6.44. The van der Waals surface area contributed by atoms with Crippen LogP contribution in [0.15, 0.2) is 24.3 Å². The number of hydrogen-bond acceptors (Lipinski definition) is 4. The van der Waals surface area contributed by atoms with Gasteiger partial charge in [-0.1, -0.05) is 43.6 Å². The molecular weight excluding hydrogens is 292 g/mol. The average molecular weight is 315 g/mol. The lowest BCUT2D eigenvalue weighted by Gasteiger charge is -2.21. The molecule has 0 heterocycles. The Morgan fingerprint density at radius 3 is 2.67 bits per heavy atom. The van der Waals surface area contributed by atoms with Gasteiger partial charge in [-0.15, -0.1) is 0 Å². The molecule has 6 heteroatoms. The van der Waals surface area contributed by atoms with Gasteiger partial charge in [-0.2, -0.15) is 0 Å². The van der Waals surface area contributed by atoms with Crippen molar-refractivity contribution in [2.24, 2.45) is 11.7 Å². The van der Waals surface area contributed by atoms with Crippen molar-refractivity contribution in [2.45, 2.75) is 32.6 Å². The van der Waals surface area contributed by atoms with Crippen LogP contribution in [0.1, 0.15) is 19.4 Å². The smallest absolute Gasteiger partial charge is 0.234 e. The van der Waals surface area contributed by atoms with Gasteiger partial charge in [0.15, 0.2) is 0 Å². The molecular formula is C15H23ClN2O3. The molecule has 1 amide bonds. The van der Waals surface area contributed by atoms with E-state index >= 15 is 0 Å². The number of halogens is 1. The van der Waals surface area contributed by atoms with Crippen LogP contribution in [0.4, 0.5) is 0 Å². The van der Waals surface area contributed by atoms with E-state index in [4.69, 9.17) is 22.1 Å². The third-order valence-corrected chi connectivity index (χ3v) is 3.44. The van der Waals surface area contributed by atoms with Crippen molar-refractivity contribution >= 4 is 17.5 Å². The first kappa shape index (κ1) is 17.9. The Hall–Kier alpha value is -1.14. The maximum absolute atomic E-state index is 11.2. The predicted molar refractivity (Wildman–Crippen MR) is 82.9 cm³/mol. The Bertz CT molecular complexity index is 454. The number of hydrogen-bond donors (Lipinski definition) is 3. The van der Waals surface area contributed by atoms with E-state index in [1.165, 1.54) is 0 Å². The van der Waals surface area contributed by atoms with E-state index in [0.717, 1.165) is 5.56 Å². The van der Waals surface area contributed by atoms with Crippen molar-refractivity contribution in [1.82, 2.24) is 5.32 Å². The molecule has 21 heavy (non-hydrogen) atoms. The highest BCUT2D eigenvalue weighted by atomic mass is 35.5. The minimum Gasteiger partial charge on any atom is -0.389 e. The quantitative estimate of drug-likeness (QED) is 0.642. The van der Waals surface area contributed by atoms with Crippen molar-refractivity contribution in [3.05, 3.63) is 34.9 Å². The molecule has 0 bridgehead atoms. The summed E-state index contributed by atoms with van der Waals surface area (Å²) in [5.41, 5.74) is 6.16. The fourth-order valence-corrected chi connectivity index (χ4v) is 2.10. The number of aliphatic hydroxyl groups excluding tert-OH is 1. The van der Waals surface area contributed by atoms with Crippen LogP contribution >= 0.6 is 11.6 Å². The summed E-state index contributed by atoms with van der Waals surface area (Å²) in [5.74, 6) is -0.354. The summed E-state index contributed by atoms with van der Waals surface area (Å²) in [6, 6.07) is 6.93. The van der Waals surface area contributed by atoms with Gasteiger partial charge in [0, 0.05) is 11.6 Å². The van der Waals surface area contributed by atoms with Crippen LogP contribution in [0.25, 0.3) is 0 Å². The zero-order valence-electron chi connectivity index (χ0n) is 12.4. The molecule has 0 radical (unpaired) electrons. The molecule has 2 atom stereocenters. The topological polar surface area (TPSA) is 84.6 Å². The molecule has 1 aromatic carbocycles. The van der Waals surface area contributed by atoms with Gasteiger partial charge in [-0.25, -0.2) is 0 Å². The lowest BCUT2D eigenvalue weighted by atomic mass is 10.0. The predicted octanol–water partition coefficient (Wildman–Crippen LogP) is 1.32. The van der Waals surface area contributed by atoms with E-state index in [0.29, 0.717) is 11.6 Å². The summed E-state index contributed by atoms with van der Waals surface area (Å²) in [6.45, 7) is 4.52. The first-order valence-corrected chi connectivity index (χ1v) is 7.31. The van der Waals surface area contributed by atoms with Crippen LogP contribution in [0, 0.1) is 5.92 Å². The average Bonchev–Trinajstić information content (AvgIpc) is 2.40. The van der Waals surface area contributed by atoms with Crippen molar-refractivity contribution in [3.63, 3.8) is 0 Å². The number of primary amides is 1. The number of carbonyl (C=O) groups excluding carboxylic acids is 1. The number of ether oxygens (including phenoxy) is 1. The minimum atomic E-state index is -0.715. The van der Waals surface area contributed by atoms with Gasteiger partial charge in [0.2, 0.25) is 5.91 Å². The summed E-state index contributed by atoms with van der Waals surface area (Å²) in [5, 5.41) is 13.4. The van der Waals surface area contributed by atoms with Crippen molar-refractivity contribution < 1.29 is 14.6 Å². The fourth-order valence-electron chi connectivity index (χ4n) is 1.91. The summed E-state index contributed by atoms with van der Waals surface area (Å²) in [4.78, 5) is 11.2. The molecule has 0 fully saturated rings. The second kappa shape index (κ2) is 9.00. The summed E-state index contributed by atoms with van der Waals surface area (Å²) in [6.07, 6.45) is -0.715. The number of rotatable bonds is 9. The molecule has 0 saturated heterocycles. The van der Waals surface area contributed by atoms with Crippen molar-refractivity contribution in [1.29, 1.82) is 0 Å². The second-order valence-corrected chi connectivity index (χ2v) is 5.70. The maximum Gasteiger partial charge on any atom is 0.234 e. The van der Waals surface area contributed by atoms with E-state index in [-0.39, 0.29) is 19.1 Å². The van der Waals surface area contributed by atoms with Gasteiger partial charge in [-0.05, 0) is 17.5 Å². The Kier molecular flexibility index (Phi) is 7.67. The van der Waals surface area contributed by atoms with E-state index in [2.05, 4.69) is 5.32 Å². The van der Waals surface area contributed by atoms with Gasteiger partial charge < -0.3 is 20.9 Å². The molecule has 2 unspecified atom stereocenters. The standard InChI is InChI=1S/C15H23ClN2O3/c1-10(2)14(15(17)20)18-7-12(19)9-21-8-11-5-3-4-6-13(11)16/h3-6,10,12,14,18-19H,7-9H2,1-2H3,(H2,17,20). The number of benzene rings is 1. The number of amides is 1. The Morgan fingerprint density at radius 1 is 1.43 bits per heavy atom. The summed E-state index contributed by atoms with van der Waals surface area (Å²) >= 11 is 6.01. The van der Waals surface area contributed by atoms with E-state index in [1.807, 2.05) is 32.0 Å². The van der Waals surface area contributed by atoms with E-state index in [9.17, 15) is 9.90 Å². The molecule has 118 valence electrons. The lowest BCUT2D eigenvalue weighted by Crippen LogP contribution is -2.48. The molecule has 0 aliphatic rings. The third-order valence-electron chi connectivity index (χ3n) is 3.07. The number of nitrogens with one attached hydrogen (secondary N) is 1. The first-order valence-electron chi connectivity index (χ1n) is 6.93. The van der Waals surface area contributed by atoms with Crippen LogP contribution in [0.2, 0.25) is 5.02 Å². The molecule has 5 nitrogen and oxygen atoms in total. The molecule has 0 aliphatic heterocycles. The van der Waals surface area contributed by atoms with Crippen LogP contribution in [0.3, 0.4) is 0 Å². The Labute approximate surface area is 130 Å². The van der Waals surface area contributed by atoms with Crippen LogP contribution < -0.4 is 11.1 Å². The normalized spacial score (nSPS) is 14.1. The van der Waals surface area contributed by atoms with Crippen LogP contribution in [0.5, 0.6) is 0 Å². The molecule has 4 N–H and O–H groups in total. The van der Waals surface area contributed by atoms with Crippen molar-refractivity contribution in [2.75, 3.05) is 13.2 Å². The zero-order chi connectivity index (χ0) is 15.8. The Morgan fingerprint density at radius 2 is 2.10 bits per heavy atom. The van der Waals surface area contributed by atoms with E-state index < -0.39 is 18.1 Å². The molecule has 0 aliphatic carbocycles. The van der Waals surface area contributed by atoms with Gasteiger partial charge in [0.05, 0.1) is 25.4 Å². The highest BCUT2D eigenvalue weighted by Crippen LogP contribution is 2.15. The Balaban J connectivity index is 2.30. The second-order valence-electron chi connectivity index (χ2n) is 5.29. The van der Waals surface area contributed by atoms with Gasteiger partial charge in [0.1, 0.15) is 0 Å². The van der Waals surface area contributed by atoms with Crippen LogP contribution in [-0.2, 0) is 16.1 Å². The SMILES string of the molecule is CC(C)C(NCC(O)COCc1ccccc1Cl)C(N)=O. The number of aliphatic hydroxyl groups is 1. The number of carbonyl (C=O) groups is 1. The largest absolute Gasteiger partial charge is 0.389 e. The molecule has 0 spiro atoms. The highest BCUT2D eigenvalue weighted by Gasteiger charge is 2.19. The van der Waals surface area contributed by atoms with Gasteiger partial charge in [0.25, 0.3) is 0 Å². The first-order chi connectivity index (χ1) is 9.91. The molecule has 0 aromatic heterocycles. The van der Waals surface area contributed by atoms with Gasteiger partial charge >= 0.3 is 0 Å². The highest BCUT2D eigenvalue weighted by molar-refractivity contribution is 6.31. The fraction of sp³-hybridized carbons (Fsp3) is 0.533. The summed E-state index contributed by atoms with van der Waals surface area (Å²) in [7, 11) is 0. The van der Waals surface area contributed by atoms with Gasteiger partial charge in [-0.3, -0.25) is 4.79 Å².